The Balaban J connectivity index is 2.28. The van der Waals surface area contributed by atoms with Crippen LogP contribution in [0.5, 0.6) is 0 Å². The number of unbranched alkanes of at least 4 members (excludes halogenated alkanes) is 2. The summed E-state index contributed by atoms with van der Waals surface area (Å²) in [5.74, 6) is 0. The Bertz CT molecular complexity index is 874. The van der Waals surface area contributed by atoms with Crippen LogP contribution in [0.1, 0.15) is 50.7 Å². The molecular weight excluding hydrogens is 284 g/mol. The standard InChI is InChI=1S/C21H24O2/c1-3-5-9-15-13-14-19-20(16(15)10-6-4-2)21(22)17-11-7-8-12-18(17)23-19/h7-8,11-14H,3-6,9-10H2,1-2H3. The van der Waals surface area contributed by atoms with Crippen molar-refractivity contribution in [2.24, 2.45) is 0 Å². The van der Waals surface area contributed by atoms with Crippen molar-refractivity contribution in [1.82, 2.24) is 0 Å². The van der Waals surface area contributed by atoms with Gasteiger partial charge in [-0.15, -0.1) is 0 Å². The molecule has 0 saturated carbocycles. The van der Waals surface area contributed by atoms with E-state index in [9.17, 15) is 4.79 Å². The molecule has 2 nitrogen and oxygen atoms in total. The van der Waals surface area contributed by atoms with Gasteiger partial charge >= 0.3 is 0 Å². The van der Waals surface area contributed by atoms with Gasteiger partial charge in [-0.25, -0.2) is 0 Å². The van der Waals surface area contributed by atoms with E-state index >= 15 is 0 Å². The fourth-order valence-corrected chi connectivity index (χ4v) is 3.24. The first kappa shape index (κ1) is 15.8. The molecule has 23 heavy (non-hydrogen) atoms. The molecule has 3 aromatic rings. The summed E-state index contributed by atoms with van der Waals surface area (Å²) in [7, 11) is 0. The van der Waals surface area contributed by atoms with E-state index in [0.29, 0.717) is 11.0 Å². The fourth-order valence-electron chi connectivity index (χ4n) is 3.24. The monoisotopic (exact) mass is 308 g/mol. The lowest BCUT2D eigenvalue weighted by Gasteiger charge is -2.12. The van der Waals surface area contributed by atoms with Gasteiger partial charge in [0, 0.05) is 0 Å². The summed E-state index contributed by atoms with van der Waals surface area (Å²) in [4.78, 5) is 13.0. The van der Waals surface area contributed by atoms with E-state index in [1.165, 1.54) is 11.1 Å². The van der Waals surface area contributed by atoms with Crippen molar-refractivity contribution in [1.29, 1.82) is 0 Å². The zero-order chi connectivity index (χ0) is 16.2. The number of aryl methyl sites for hydroxylation is 2. The van der Waals surface area contributed by atoms with Crippen LogP contribution in [0.15, 0.2) is 45.6 Å². The number of benzene rings is 2. The Labute approximate surface area is 137 Å². The van der Waals surface area contributed by atoms with Gasteiger partial charge in [-0.3, -0.25) is 4.79 Å². The maximum Gasteiger partial charge on any atom is 0.200 e. The molecule has 0 saturated heterocycles. The minimum atomic E-state index is 0.117. The average Bonchev–Trinajstić information content (AvgIpc) is 2.58. The van der Waals surface area contributed by atoms with Gasteiger partial charge in [0.15, 0.2) is 0 Å². The largest absolute Gasteiger partial charge is 0.456 e. The van der Waals surface area contributed by atoms with Crippen LogP contribution < -0.4 is 5.43 Å². The molecule has 0 radical (unpaired) electrons. The summed E-state index contributed by atoms with van der Waals surface area (Å²) in [5, 5.41) is 1.48. The molecule has 120 valence electrons. The molecule has 1 heterocycles. The maximum absolute atomic E-state index is 13.0. The van der Waals surface area contributed by atoms with Crippen molar-refractivity contribution in [2.75, 3.05) is 0 Å². The lowest BCUT2D eigenvalue weighted by Crippen LogP contribution is -2.08. The van der Waals surface area contributed by atoms with E-state index in [-0.39, 0.29) is 5.43 Å². The van der Waals surface area contributed by atoms with Crippen LogP contribution in [-0.4, -0.2) is 0 Å². The molecule has 0 bridgehead atoms. The highest BCUT2D eigenvalue weighted by molar-refractivity contribution is 5.92. The van der Waals surface area contributed by atoms with Crippen LogP contribution >= 0.6 is 0 Å². The molecule has 0 unspecified atom stereocenters. The topological polar surface area (TPSA) is 30.2 Å². The Morgan fingerprint density at radius 1 is 0.870 bits per heavy atom. The van der Waals surface area contributed by atoms with Gasteiger partial charge in [-0.2, -0.15) is 0 Å². The molecule has 0 aliphatic carbocycles. The molecule has 0 N–H and O–H groups in total. The van der Waals surface area contributed by atoms with Gasteiger partial charge in [0.1, 0.15) is 11.2 Å². The highest BCUT2D eigenvalue weighted by Crippen LogP contribution is 2.26. The smallest absolute Gasteiger partial charge is 0.200 e. The molecule has 0 spiro atoms. The first-order valence-corrected chi connectivity index (χ1v) is 8.72. The van der Waals surface area contributed by atoms with E-state index in [1.807, 2.05) is 30.3 Å². The second kappa shape index (κ2) is 6.99. The first-order chi connectivity index (χ1) is 11.3. The van der Waals surface area contributed by atoms with Gasteiger partial charge in [-0.05, 0) is 55.0 Å². The van der Waals surface area contributed by atoms with Crippen LogP contribution in [0.4, 0.5) is 0 Å². The van der Waals surface area contributed by atoms with Gasteiger partial charge in [0.25, 0.3) is 0 Å². The molecule has 3 rings (SSSR count). The molecule has 1 aromatic heterocycles. The third kappa shape index (κ3) is 3.03. The van der Waals surface area contributed by atoms with Crippen molar-refractivity contribution >= 4 is 21.9 Å². The lowest BCUT2D eigenvalue weighted by molar-refractivity contribution is 0.658. The molecular formula is C21H24O2. The SMILES string of the molecule is CCCCc1ccc2oc3ccccc3c(=O)c2c1CCCC. The van der Waals surface area contributed by atoms with Crippen molar-refractivity contribution in [2.45, 2.75) is 52.4 Å². The van der Waals surface area contributed by atoms with E-state index in [2.05, 4.69) is 19.9 Å². The number of hydrogen-bond acceptors (Lipinski definition) is 2. The Morgan fingerprint density at radius 3 is 2.39 bits per heavy atom. The lowest BCUT2D eigenvalue weighted by atomic mass is 9.93. The van der Waals surface area contributed by atoms with E-state index in [0.717, 1.165) is 49.5 Å². The molecule has 0 amide bonds. The zero-order valence-corrected chi connectivity index (χ0v) is 14.0. The van der Waals surface area contributed by atoms with Crippen molar-refractivity contribution < 1.29 is 4.42 Å². The minimum Gasteiger partial charge on any atom is -0.456 e. The third-order valence-corrected chi connectivity index (χ3v) is 4.53. The van der Waals surface area contributed by atoms with Crippen molar-refractivity contribution in [3.63, 3.8) is 0 Å². The summed E-state index contributed by atoms with van der Waals surface area (Å²) in [6.45, 7) is 4.39. The third-order valence-electron chi connectivity index (χ3n) is 4.53. The highest BCUT2D eigenvalue weighted by Gasteiger charge is 2.14. The number of para-hydroxylation sites is 1. The van der Waals surface area contributed by atoms with Gasteiger partial charge < -0.3 is 4.42 Å². The Hall–Kier alpha value is -2.09. The number of rotatable bonds is 6. The molecule has 2 heteroatoms. The predicted octanol–water partition coefficient (Wildman–Crippen LogP) is 5.63. The molecule has 0 fully saturated rings. The van der Waals surface area contributed by atoms with Gasteiger partial charge in [0.2, 0.25) is 5.43 Å². The van der Waals surface area contributed by atoms with Gasteiger partial charge in [-0.1, -0.05) is 44.9 Å². The van der Waals surface area contributed by atoms with Crippen LogP contribution in [0.3, 0.4) is 0 Å². The van der Waals surface area contributed by atoms with Crippen LogP contribution in [0.2, 0.25) is 0 Å². The summed E-state index contributed by atoms with van der Waals surface area (Å²) in [6, 6.07) is 11.7. The van der Waals surface area contributed by atoms with Crippen LogP contribution in [-0.2, 0) is 12.8 Å². The van der Waals surface area contributed by atoms with E-state index in [1.54, 1.807) is 0 Å². The predicted molar refractivity (Wildman–Crippen MR) is 97.2 cm³/mol. The van der Waals surface area contributed by atoms with Crippen molar-refractivity contribution in [3.05, 3.63) is 57.7 Å². The Kier molecular flexibility index (Phi) is 4.80. The van der Waals surface area contributed by atoms with E-state index < -0.39 is 0 Å². The highest BCUT2D eigenvalue weighted by atomic mass is 16.3. The molecule has 0 aliphatic heterocycles. The molecule has 0 atom stereocenters. The Morgan fingerprint density at radius 2 is 1.61 bits per heavy atom. The van der Waals surface area contributed by atoms with Gasteiger partial charge in [0.05, 0.1) is 10.8 Å². The summed E-state index contributed by atoms with van der Waals surface area (Å²) >= 11 is 0. The summed E-state index contributed by atoms with van der Waals surface area (Å²) in [6.07, 6.45) is 6.54. The molecule has 2 aromatic carbocycles. The summed E-state index contributed by atoms with van der Waals surface area (Å²) in [5.41, 5.74) is 4.03. The van der Waals surface area contributed by atoms with Crippen molar-refractivity contribution in [3.8, 4) is 0 Å². The normalized spacial score (nSPS) is 11.4. The van der Waals surface area contributed by atoms with E-state index in [4.69, 9.17) is 4.42 Å². The molecule has 0 aliphatic rings. The fraction of sp³-hybridized carbons (Fsp3) is 0.381. The minimum absolute atomic E-state index is 0.117. The second-order valence-corrected chi connectivity index (χ2v) is 6.21. The number of fused-ring (bicyclic) bond motifs is 2. The van der Waals surface area contributed by atoms with Crippen LogP contribution in [0, 0.1) is 0 Å². The number of hydrogen-bond donors (Lipinski definition) is 0. The quantitative estimate of drug-likeness (QED) is 0.552. The average molecular weight is 308 g/mol. The first-order valence-electron chi connectivity index (χ1n) is 8.72. The maximum atomic E-state index is 13.0. The zero-order valence-electron chi connectivity index (χ0n) is 14.0. The van der Waals surface area contributed by atoms with Crippen LogP contribution in [0.25, 0.3) is 21.9 Å². The second-order valence-electron chi connectivity index (χ2n) is 6.21. The summed E-state index contributed by atoms with van der Waals surface area (Å²) < 4.78 is 6.01.